The molecule has 0 saturated heterocycles. The number of rotatable bonds is 4. The molecule has 0 radical (unpaired) electrons. The number of esters is 1. The van der Waals surface area contributed by atoms with Gasteiger partial charge in [-0.2, -0.15) is 0 Å². The van der Waals surface area contributed by atoms with Crippen LogP contribution in [0, 0.1) is 5.41 Å². The molecule has 0 aliphatic carbocycles. The molecular weight excluding hydrogens is 256 g/mol. The van der Waals surface area contributed by atoms with Crippen LogP contribution in [-0.2, 0) is 9.53 Å². The number of hydrogen-bond acceptors (Lipinski definition) is 4. The first kappa shape index (κ1) is 14.4. The van der Waals surface area contributed by atoms with Crippen molar-refractivity contribution in [2.24, 2.45) is 5.41 Å². The fourth-order valence-corrected chi connectivity index (χ4v) is 1.36. The van der Waals surface area contributed by atoms with Crippen LogP contribution in [0.1, 0.15) is 24.3 Å². The average molecular weight is 271 g/mol. The molecule has 18 heavy (non-hydrogen) atoms. The van der Waals surface area contributed by atoms with Crippen LogP contribution in [0.3, 0.4) is 0 Å². The Morgan fingerprint density at radius 2 is 2.11 bits per heavy atom. The van der Waals surface area contributed by atoms with Gasteiger partial charge >= 0.3 is 5.97 Å². The predicted octanol–water partition coefficient (Wildman–Crippen LogP) is 1.66. The van der Waals surface area contributed by atoms with Crippen LogP contribution in [0.5, 0.6) is 0 Å². The zero-order valence-corrected chi connectivity index (χ0v) is 11.2. The van der Waals surface area contributed by atoms with E-state index < -0.39 is 5.41 Å². The van der Waals surface area contributed by atoms with E-state index in [1.165, 1.54) is 19.4 Å². The lowest BCUT2D eigenvalue weighted by Gasteiger charge is -2.21. The van der Waals surface area contributed by atoms with Crippen LogP contribution >= 0.6 is 11.6 Å². The molecule has 0 aliphatic rings. The van der Waals surface area contributed by atoms with Crippen LogP contribution in [0.2, 0.25) is 5.02 Å². The summed E-state index contributed by atoms with van der Waals surface area (Å²) in [5, 5.41) is 3.09. The second-order valence-electron chi connectivity index (χ2n) is 4.42. The molecule has 1 amide bonds. The lowest BCUT2D eigenvalue weighted by atomic mass is 9.94. The number of carbonyl (C=O) groups is 2. The third-order valence-corrected chi connectivity index (χ3v) is 2.61. The van der Waals surface area contributed by atoms with Crippen molar-refractivity contribution in [1.29, 1.82) is 0 Å². The van der Waals surface area contributed by atoms with Crippen molar-refractivity contribution in [3.8, 4) is 0 Å². The molecule has 98 valence electrons. The summed E-state index contributed by atoms with van der Waals surface area (Å²) in [5.74, 6) is -0.740. The van der Waals surface area contributed by atoms with Gasteiger partial charge in [-0.25, -0.2) is 4.98 Å². The van der Waals surface area contributed by atoms with E-state index in [-0.39, 0.29) is 24.1 Å². The molecule has 0 aliphatic heterocycles. The van der Waals surface area contributed by atoms with Crippen molar-refractivity contribution in [3.05, 3.63) is 29.0 Å². The van der Waals surface area contributed by atoms with Gasteiger partial charge < -0.3 is 10.1 Å². The number of carbonyl (C=O) groups excluding carboxylic acids is 2. The molecule has 1 heterocycles. The van der Waals surface area contributed by atoms with Gasteiger partial charge in [0.1, 0.15) is 5.69 Å². The fraction of sp³-hybridized carbons (Fsp3) is 0.417. The smallest absolute Gasteiger partial charge is 0.313 e. The van der Waals surface area contributed by atoms with Crippen LogP contribution in [0.15, 0.2) is 18.3 Å². The summed E-state index contributed by atoms with van der Waals surface area (Å²) >= 11 is 5.67. The summed E-state index contributed by atoms with van der Waals surface area (Å²) in [5.41, 5.74) is -0.531. The molecule has 0 fully saturated rings. The van der Waals surface area contributed by atoms with Gasteiger partial charge in [-0.1, -0.05) is 11.6 Å². The van der Waals surface area contributed by atoms with Gasteiger partial charge in [-0.15, -0.1) is 0 Å². The summed E-state index contributed by atoms with van der Waals surface area (Å²) in [6.45, 7) is 3.55. The maximum atomic E-state index is 11.7. The number of nitrogens with zero attached hydrogens (tertiary/aromatic N) is 1. The maximum absolute atomic E-state index is 11.7. The van der Waals surface area contributed by atoms with E-state index in [1.54, 1.807) is 19.9 Å². The Labute approximate surface area is 110 Å². The Bertz CT molecular complexity index is 443. The zero-order chi connectivity index (χ0) is 13.8. The molecule has 6 heteroatoms. The number of halogens is 1. The Balaban J connectivity index is 2.61. The minimum Gasteiger partial charge on any atom is -0.469 e. The predicted molar refractivity (Wildman–Crippen MR) is 67.4 cm³/mol. The minimum atomic E-state index is -0.781. The van der Waals surface area contributed by atoms with E-state index in [9.17, 15) is 9.59 Å². The molecule has 0 saturated carbocycles. The van der Waals surface area contributed by atoms with E-state index in [4.69, 9.17) is 11.6 Å². The number of ether oxygens (including phenoxy) is 1. The first-order valence-corrected chi connectivity index (χ1v) is 5.73. The molecule has 5 nitrogen and oxygen atoms in total. The number of nitrogens with one attached hydrogen (secondary N) is 1. The Kier molecular flexibility index (Phi) is 4.67. The molecule has 0 unspecified atom stereocenters. The van der Waals surface area contributed by atoms with Crippen molar-refractivity contribution in [1.82, 2.24) is 10.3 Å². The maximum Gasteiger partial charge on any atom is 0.313 e. The van der Waals surface area contributed by atoms with Gasteiger partial charge in [0.15, 0.2) is 0 Å². The molecule has 0 bridgehead atoms. The number of methoxy groups -OCH3 is 1. The van der Waals surface area contributed by atoms with Crippen LogP contribution in [0.4, 0.5) is 0 Å². The van der Waals surface area contributed by atoms with Gasteiger partial charge in [0.25, 0.3) is 5.91 Å². The Hall–Kier alpha value is -1.62. The summed E-state index contributed by atoms with van der Waals surface area (Å²) in [6, 6.07) is 3.09. The first-order valence-electron chi connectivity index (χ1n) is 5.35. The van der Waals surface area contributed by atoms with E-state index in [2.05, 4.69) is 15.0 Å². The SMILES string of the molecule is COC(=O)C(C)(C)CNC(=O)c1ccc(Cl)cn1. The topological polar surface area (TPSA) is 68.3 Å². The van der Waals surface area contributed by atoms with E-state index in [0.717, 1.165) is 0 Å². The van der Waals surface area contributed by atoms with E-state index in [0.29, 0.717) is 5.02 Å². The van der Waals surface area contributed by atoms with Crippen molar-refractivity contribution >= 4 is 23.5 Å². The summed E-state index contributed by atoms with van der Waals surface area (Å²) in [4.78, 5) is 27.0. The molecular formula is C12H15ClN2O3. The molecule has 0 aromatic carbocycles. The van der Waals surface area contributed by atoms with Gasteiger partial charge in [0, 0.05) is 12.7 Å². The second kappa shape index (κ2) is 5.82. The van der Waals surface area contributed by atoms with Crippen LogP contribution < -0.4 is 5.32 Å². The largest absolute Gasteiger partial charge is 0.469 e. The number of aromatic nitrogens is 1. The van der Waals surface area contributed by atoms with Gasteiger partial charge in [-0.3, -0.25) is 9.59 Å². The van der Waals surface area contributed by atoms with E-state index >= 15 is 0 Å². The summed E-state index contributed by atoms with van der Waals surface area (Å²) in [6.07, 6.45) is 1.39. The van der Waals surface area contributed by atoms with Crippen molar-refractivity contribution in [2.45, 2.75) is 13.8 Å². The highest BCUT2D eigenvalue weighted by molar-refractivity contribution is 6.30. The molecule has 1 rings (SSSR count). The lowest BCUT2D eigenvalue weighted by Crippen LogP contribution is -2.39. The third-order valence-electron chi connectivity index (χ3n) is 2.39. The summed E-state index contributed by atoms with van der Waals surface area (Å²) < 4.78 is 4.65. The minimum absolute atomic E-state index is 0.169. The van der Waals surface area contributed by atoms with E-state index in [1.807, 2.05) is 0 Å². The number of amides is 1. The molecule has 0 atom stereocenters. The monoisotopic (exact) mass is 270 g/mol. The van der Waals surface area contributed by atoms with Crippen LogP contribution in [0.25, 0.3) is 0 Å². The lowest BCUT2D eigenvalue weighted by molar-refractivity contribution is -0.150. The Morgan fingerprint density at radius 1 is 1.44 bits per heavy atom. The Morgan fingerprint density at radius 3 is 2.61 bits per heavy atom. The first-order chi connectivity index (χ1) is 8.36. The molecule has 1 aromatic heterocycles. The second-order valence-corrected chi connectivity index (χ2v) is 4.86. The number of hydrogen-bond donors (Lipinski definition) is 1. The highest BCUT2D eigenvalue weighted by atomic mass is 35.5. The normalized spacial score (nSPS) is 10.9. The van der Waals surface area contributed by atoms with Crippen molar-refractivity contribution in [2.75, 3.05) is 13.7 Å². The fourth-order valence-electron chi connectivity index (χ4n) is 1.25. The summed E-state index contributed by atoms with van der Waals surface area (Å²) in [7, 11) is 1.31. The zero-order valence-electron chi connectivity index (χ0n) is 10.5. The standard InChI is InChI=1S/C12H15ClN2O3/c1-12(2,11(17)18-3)7-15-10(16)9-5-4-8(13)6-14-9/h4-6H,7H2,1-3H3,(H,15,16). The number of pyridine rings is 1. The van der Waals surface area contributed by atoms with Crippen molar-refractivity contribution < 1.29 is 14.3 Å². The quantitative estimate of drug-likeness (QED) is 0.845. The van der Waals surface area contributed by atoms with Gasteiger partial charge in [0.05, 0.1) is 17.5 Å². The highest BCUT2D eigenvalue weighted by Crippen LogP contribution is 2.15. The van der Waals surface area contributed by atoms with Crippen molar-refractivity contribution in [3.63, 3.8) is 0 Å². The van der Waals surface area contributed by atoms with Gasteiger partial charge in [-0.05, 0) is 26.0 Å². The molecule has 1 N–H and O–H groups in total. The van der Waals surface area contributed by atoms with Gasteiger partial charge in [0.2, 0.25) is 0 Å². The van der Waals surface area contributed by atoms with Crippen LogP contribution in [-0.4, -0.2) is 30.5 Å². The average Bonchev–Trinajstić information content (AvgIpc) is 2.35. The highest BCUT2D eigenvalue weighted by Gasteiger charge is 2.29. The third kappa shape index (κ3) is 3.70. The molecule has 1 aromatic rings. The molecule has 0 spiro atoms.